The third-order valence-electron chi connectivity index (χ3n) is 5.26. The van der Waals surface area contributed by atoms with Crippen molar-refractivity contribution >= 4 is 12.1 Å². The van der Waals surface area contributed by atoms with Crippen LogP contribution in [0.3, 0.4) is 0 Å². The lowest BCUT2D eigenvalue weighted by molar-refractivity contribution is 0.0137. The molecule has 1 unspecified atom stereocenters. The van der Waals surface area contributed by atoms with Crippen LogP contribution in [0.1, 0.15) is 32.2 Å². The van der Waals surface area contributed by atoms with Crippen LogP contribution >= 0.6 is 0 Å². The molecule has 4 rings (SSSR count). The van der Waals surface area contributed by atoms with Crippen molar-refractivity contribution in [2.24, 2.45) is 4.99 Å². The monoisotopic (exact) mass is 410 g/mol. The Hall–Kier alpha value is -3.03. The van der Waals surface area contributed by atoms with Crippen LogP contribution in [0, 0.1) is 0 Å². The van der Waals surface area contributed by atoms with Gasteiger partial charge in [-0.05, 0) is 26.3 Å². The fraction of sp³-hybridized carbons (Fsp3) is 0.500. The second-order valence-electron chi connectivity index (χ2n) is 8.75. The molecule has 3 heterocycles. The van der Waals surface area contributed by atoms with E-state index in [1.807, 2.05) is 39.2 Å². The molecule has 8 nitrogen and oxygen atoms in total. The number of amides is 1. The lowest BCUT2D eigenvalue weighted by Crippen LogP contribution is -2.57. The minimum atomic E-state index is -0.477. The second-order valence-corrected chi connectivity index (χ2v) is 8.75. The molecule has 1 amide bonds. The molecule has 2 aliphatic heterocycles. The first-order chi connectivity index (χ1) is 14.4. The first-order valence-electron chi connectivity index (χ1n) is 10.5. The maximum absolute atomic E-state index is 12.4. The van der Waals surface area contributed by atoms with Gasteiger partial charge >= 0.3 is 6.09 Å². The van der Waals surface area contributed by atoms with Crippen molar-refractivity contribution in [1.82, 2.24) is 24.7 Å². The fourth-order valence-corrected chi connectivity index (χ4v) is 3.81. The van der Waals surface area contributed by atoms with E-state index in [1.165, 1.54) is 5.56 Å². The molecule has 2 aliphatic rings. The summed E-state index contributed by atoms with van der Waals surface area (Å²) in [7, 11) is 0. The van der Waals surface area contributed by atoms with Gasteiger partial charge in [-0.1, -0.05) is 30.3 Å². The highest BCUT2D eigenvalue weighted by molar-refractivity contribution is 5.82. The molecule has 0 saturated carbocycles. The van der Waals surface area contributed by atoms with Crippen LogP contribution in [0.2, 0.25) is 0 Å². The summed E-state index contributed by atoms with van der Waals surface area (Å²) >= 11 is 0. The highest BCUT2D eigenvalue weighted by Gasteiger charge is 2.36. The minimum absolute atomic E-state index is 0.192. The minimum Gasteiger partial charge on any atom is -0.444 e. The van der Waals surface area contributed by atoms with Crippen molar-refractivity contribution in [1.29, 1.82) is 0 Å². The average Bonchev–Trinajstić information content (AvgIpc) is 3.32. The van der Waals surface area contributed by atoms with Gasteiger partial charge in [0.1, 0.15) is 11.4 Å². The molecular weight excluding hydrogens is 380 g/mol. The third-order valence-corrected chi connectivity index (χ3v) is 5.26. The van der Waals surface area contributed by atoms with Crippen LogP contribution in [-0.4, -0.2) is 69.2 Å². The lowest BCUT2D eigenvalue weighted by Gasteiger charge is -2.39. The number of hydrogen-bond acceptors (Lipinski definition) is 6. The number of aromatic nitrogens is 2. The van der Waals surface area contributed by atoms with Gasteiger partial charge in [0.25, 0.3) is 0 Å². The molecule has 30 heavy (non-hydrogen) atoms. The van der Waals surface area contributed by atoms with Gasteiger partial charge in [-0.2, -0.15) is 0 Å². The van der Waals surface area contributed by atoms with Crippen molar-refractivity contribution in [3.63, 3.8) is 0 Å². The molecule has 2 aromatic rings. The van der Waals surface area contributed by atoms with Crippen molar-refractivity contribution < 1.29 is 9.53 Å². The van der Waals surface area contributed by atoms with E-state index in [0.29, 0.717) is 26.2 Å². The summed E-state index contributed by atoms with van der Waals surface area (Å²) in [4.78, 5) is 25.6. The molecule has 0 aliphatic carbocycles. The predicted octanol–water partition coefficient (Wildman–Crippen LogP) is 2.31. The Bertz CT molecular complexity index is 902. The van der Waals surface area contributed by atoms with E-state index in [2.05, 4.69) is 49.0 Å². The number of aliphatic imine (C=N–C) groups is 1. The van der Waals surface area contributed by atoms with Crippen LogP contribution < -0.4 is 5.32 Å². The molecule has 1 saturated heterocycles. The van der Waals surface area contributed by atoms with E-state index in [0.717, 1.165) is 24.9 Å². The highest BCUT2D eigenvalue weighted by atomic mass is 16.6. The standard InChI is InChI=1S/C22H30N6O2/c1-22(2,3)30-21(29)27-11-12-28-18(16-27)13-24-20(28)25-14-19-23-9-10-26(19)15-17-7-5-4-6-8-17/h4-10,18H,11-16H2,1-3H3,(H,24,25). The Morgan fingerprint density at radius 2 is 2.03 bits per heavy atom. The number of rotatable bonds is 4. The van der Waals surface area contributed by atoms with Crippen molar-refractivity contribution in [2.75, 3.05) is 26.2 Å². The normalized spacial score (nSPS) is 18.8. The first-order valence-corrected chi connectivity index (χ1v) is 10.5. The zero-order chi connectivity index (χ0) is 21.1. The molecule has 0 radical (unpaired) electrons. The summed E-state index contributed by atoms with van der Waals surface area (Å²) in [5.74, 6) is 1.86. The van der Waals surface area contributed by atoms with Crippen LogP contribution in [-0.2, 0) is 17.8 Å². The maximum Gasteiger partial charge on any atom is 0.410 e. The molecule has 1 atom stereocenters. The first kappa shape index (κ1) is 20.3. The Morgan fingerprint density at radius 3 is 2.80 bits per heavy atom. The number of ether oxygens (including phenoxy) is 1. The Balaban J connectivity index is 1.31. The van der Waals surface area contributed by atoms with Gasteiger partial charge in [0.05, 0.1) is 19.1 Å². The molecule has 8 heteroatoms. The van der Waals surface area contributed by atoms with Gasteiger partial charge in [0, 0.05) is 38.6 Å². The summed E-state index contributed by atoms with van der Waals surface area (Å²) in [5, 5.41) is 3.45. The summed E-state index contributed by atoms with van der Waals surface area (Å²) in [5.41, 5.74) is 0.766. The number of piperazine rings is 1. The van der Waals surface area contributed by atoms with Crippen molar-refractivity contribution in [3.8, 4) is 0 Å². The number of hydrogen-bond donors (Lipinski definition) is 1. The van der Waals surface area contributed by atoms with Crippen LogP contribution in [0.5, 0.6) is 0 Å². The van der Waals surface area contributed by atoms with Gasteiger partial charge in [-0.25, -0.2) is 9.78 Å². The fourth-order valence-electron chi connectivity index (χ4n) is 3.81. The number of nitrogens with zero attached hydrogens (tertiary/aromatic N) is 5. The number of benzene rings is 1. The molecule has 160 valence electrons. The number of nitrogens with one attached hydrogen (secondary N) is 1. The van der Waals surface area contributed by atoms with E-state index < -0.39 is 5.60 Å². The Morgan fingerprint density at radius 1 is 1.23 bits per heavy atom. The maximum atomic E-state index is 12.4. The van der Waals surface area contributed by atoms with E-state index >= 15 is 0 Å². The summed E-state index contributed by atoms with van der Waals surface area (Å²) in [6.07, 6.45) is 3.59. The van der Waals surface area contributed by atoms with Crippen LogP contribution in [0.15, 0.2) is 47.7 Å². The van der Waals surface area contributed by atoms with Crippen molar-refractivity contribution in [2.45, 2.75) is 45.5 Å². The van der Waals surface area contributed by atoms with Crippen molar-refractivity contribution in [3.05, 3.63) is 54.1 Å². The van der Waals surface area contributed by atoms with Gasteiger partial charge in [-0.15, -0.1) is 0 Å². The van der Waals surface area contributed by atoms with E-state index in [-0.39, 0.29) is 12.1 Å². The Kier molecular flexibility index (Phi) is 5.65. The topological polar surface area (TPSA) is 75.0 Å². The molecule has 0 bridgehead atoms. The van der Waals surface area contributed by atoms with E-state index in [9.17, 15) is 4.79 Å². The van der Waals surface area contributed by atoms with Crippen LogP contribution in [0.25, 0.3) is 0 Å². The molecule has 1 aromatic carbocycles. The third kappa shape index (κ3) is 4.75. The Labute approximate surface area is 177 Å². The summed E-state index contributed by atoms with van der Waals surface area (Å²) in [6.45, 7) is 9.77. The average molecular weight is 411 g/mol. The van der Waals surface area contributed by atoms with Gasteiger partial charge < -0.3 is 24.4 Å². The number of fused-ring (bicyclic) bond motifs is 1. The smallest absolute Gasteiger partial charge is 0.410 e. The number of imidazole rings is 1. The number of carbonyl (C=O) groups excluding carboxylic acids is 1. The molecule has 0 spiro atoms. The van der Waals surface area contributed by atoms with Gasteiger partial charge in [0.15, 0.2) is 5.96 Å². The van der Waals surface area contributed by atoms with E-state index in [4.69, 9.17) is 4.74 Å². The molecule has 1 N–H and O–H groups in total. The number of guanidine groups is 1. The van der Waals surface area contributed by atoms with Gasteiger partial charge in [-0.3, -0.25) is 4.99 Å². The second kappa shape index (κ2) is 8.38. The lowest BCUT2D eigenvalue weighted by atomic mass is 10.2. The number of carbonyl (C=O) groups is 1. The SMILES string of the molecule is CC(C)(C)OC(=O)N1CCN2C(NCc3nccn3Cc3ccccc3)=NCC2C1. The molecule has 1 aromatic heterocycles. The largest absolute Gasteiger partial charge is 0.444 e. The van der Waals surface area contributed by atoms with E-state index in [1.54, 1.807) is 4.90 Å². The summed E-state index contributed by atoms with van der Waals surface area (Å²) < 4.78 is 7.66. The zero-order valence-corrected chi connectivity index (χ0v) is 17.9. The summed E-state index contributed by atoms with van der Waals surface area (Å²) in [6, 6.07) is 10.6. The molecular formula is C22H30N6O2. The molecule has 1 fully saturated rings. The van der Waals surface area contributed by atoms with Crippen LogP contribution in [0.4, 0.5) is 4.79 Å². The highest BCUT2D eigenvalue weighted by Crippen LogP contribution is 2.19. The predicted molar refractivity (Wildman–Crippen MR) is 115 cm³/mol. The quantitative estimate of drug-likeness (QED) is 0.837. The van der Waals surface area contributed by atoms with Gasteiger partial charge in [0.2, 0.25) is 0 Å². The zero-order valence-electron chi connectivity index (χ0n) is 17.9.